The molecule has 0 saturated carbocycles. The van der Waals surface area contributed by atoms with Gasteiger partial charge in [-0.1, -0.05) is 0 Å². The van der Waals surface area contributed by atoms with Crippen LogP contribution in [-0.4, -0.2) is 29.7 Å². The number of hydrogen-bond acceptors (Lipinski definition) is 2. The molecule has 0 aromatic carbocycles. The van der Waals surface area contributed by atoms with E-state index in [1.54, 1.807) is 0 Å². The number of carbonyl (C=O) groups is 1. The van der Waals surface area contributed by atoms with E-state index in [9.17, 15) is 4.79 Å². The summed E-state index contributed by atoms with van der Waals surface area (Å²) in [6, 6.07) is 0. The molecule has 0 aromatic rings. The lowest BCUT2D eigenvalue weighted by molar-refractivity contribution is 0.0290. The first-order chi connectivity index (χ1) is 5.40. The molecule has 3 nitrogen and oxygen atoms in total. The molecule has 0 aromatic heterocycles. The molecule has 0 aliphatic heterocycles. The Morgan fingerprint density at radius 3 is 2.00 bits per heavy atom. The van der Waals surface area contributed by atoms with Gasteiger partial charge in [0.25, 0.3) is 0 Å². The Labute approximate surface area is 74.7 Å². The van der Waals surface area contributed by atoms with Gasteiger partial charge < -0.3 is 9.64 Å². The minimum absolute atomic E-state index is 0.354. The Hall–Kier alpha value is -0.730. The third-order valence-electron chi connectivity index (χ3n) is 1.19. The van der Waals surface area contributed by atoms with E-state index in [1.165, 1.54) is 4.90 Å². The Morgan fingerprint density at radius 2 is 1.75 bits per heavy atom. The van der Waals surface area contributed by atoms with Crippen LogP contribution in [0.4, 0.5) is 4.79 Å². The minimum atomic E-state index is -0.445. The molecule has 0 spiro atoms. The van der Waals surface area contributed by atoms with Crippen molar-refractivity contribution in [3.63, 3.8) is 0 Å². The third-order valence-corrected chi connectivity index (χ3v) is 1.19. The highest BCUT2D eigenvalue weighted by Gasteiger charge is 2.19. The standard InChI is InChI=1S/C9H17NO2/c1-6-10(7-2)8(11)12-9(3,4)5/h1-2,6-7H2,3-5H3. The molecular formula is C9H17NO2. The van der Waals surface area contributed by atoms with Crippen molar-refractivity contribution in [2.24, 2.45) is 0 Å². The molecule has 0 aliphatic rings. The number of hydrogen-bond donors (Lipinski definition) is 0. The molecule has 0 bridgehead atoms. The molecule has 0 rings (SSSR count). The summed E-state index contributed by atoms with van der Waals surface area (Å²) >= 11 is 0. The zero-order chi connectivity index (χ0) is 9.78. The van der Waals surface area contributed by atoms with Crippen molar-refractivity contribution in [3.05, 3.63) is 13.8 Å². The summed E-state index contributed by atoms with van der Waals surface area (Å²) in [6.07, 6.45) is -0.354. The fraction of sp³-hybridized carbons (Fsp3) is 0.667. The maximum absolute atomic E-state index is 11.2. The smallest absolute Gasteiger partial charge is 0.410 e. The average Bonchev–Trinajstić information content (AvgIpc) is 1.85. The number of ether oxygens (including phenoxy) is 1. The van der Waals surface area contributed by atoms with E-state index in [4.69, 9.17) is 4.74 Å². The van der Waals surface area contributed by atoms with E-state index < -0.39 is 5.60 Å². The van der Waals surface area contributed by atoms with E-state index in [2.05, 4.69) is 13.8 Å². The van der Waals surface area contributed by atoms with Crippen LogP contribution < -0.4 is 0 Å². The largest absolute Gasteiger partial charge is 0.444 e. The third kappa shape index (κ3) is 4.21. The van der Waals surface area contributed by atoms with Crippen molar-refractivity contribution in [1.29, 1.82) is 0 Å². The van der Waals surface area contributed by atoms with Crippen molar-refractivity contribution >= 4 is 6.09 Å². The lowest BCUT2D eigenvalue weighted by Gasteiger charge is -2.25. The molecule has 12 heavy (non-hydrogen) atoms. The highest BCUT2D eigenvalue weighted by Crippen LogP contribution is 2.09. The summed E-state index contributed by atoms with van der Waals surface area (Å²) in [5.74, 6) is 0. The fourth-order valence-electron chi connectivity index (χ4n) is 0.621. The summed E-state index contributed by atoms with van der Waals surface area (Å²) in [5.41, 5.74) is -0.445. The van der Waals surface area contributed by atoms with Gasteiger partial charge in [-0.15, -0.1) is 0 Å². The molecule has 0 heterocycles. The second-order valence-electron chi connectivity index (χ2n) is 3.47. The second-order valence-corrected chi connectivity index (χ2v) is 3.47. The van der Waals surface area contributed by atoms with Crippen LogP contribution in [0.25, 0.3) is 0 Å². The highest BCUT2D eigenvalue weighted by atomic mass is 16.6. The molecule has 0 atom stereocenters. The summed E-state index contributed by atoms with van der Waals surface area (Å²) in [7, 11) is 0. The van der Waals surface area contributed by atoms with Crippen LogP contribution in [0.5, 0.6) is 0 Å². The number of nitrogens with zero attached hydrogens (tertiary/aromatic N) is 1. The van der Waals surface area contributed by atoms with Gasteiger partial charge in [-0.25, -0.2) is 4.79 Å². The van der Waals surface area contributed by atoms with Crippen LogP contribution in [0.15, 0.2) is 0 Å². The van der Waals surface area contributed by atoms with Crippen molar-refractivity contribution in [1.82, 2.24) is 4.90 Å². The minimum Gasteiger partial charge on any atom is -0.444 e. The Kier molecular flexibility index (Phi) is 4.07. The van der Waals surface area contributed by atoms with Gasteiger partial charge in [0.2, 0.25) is 0 Å². The zero-order valence-corrected chi connectivity index (χ0v) is 8.09. The first-order valence-corrected chi connectivity index (χ1v) is 3.97. The van der Waals surface area contributed by atoms with Crippen LogP contribution in [0.1, 0.15) is 20.8 Å². The number of rotatable bonds is 2. The SMILES string of the molecule is [CH2]CN(C[CH2])C(=O)OC(C)(C)C. The van der Waals surface area contributed by atoms with Gasteiger partial charge in [-0.05, 0) is 34.6 Å². The van der Waals surface area contributed by atoms with E-state index >= 15 is 0 Å². The predicted molar refractivity (Wildman–Crippen MR) is 48.5 cm³/mol. The maximum atomic E-state index is 11.2. The van der Waals surface area contributed by atoms with Crippen LogP contribution in [0.3, 0.4) is 0 Å². The second kappa shape index (κ2) is 4.33. The van der Waals surface area contributed by atoms with Crippen molar-refractivity contribution in [2.45, 2.75) is 26.4 Å². The molecular weight excluding hydrogens is 154 g/mol. The monoisotopic (exact) mass is 171 g/mol. The molecule has 70 valence electrons. The molecule has 3 heteroatoms. The summed E-state index contributed by atoms with van der Waals surface area (Å²) in [5, 5.41) is 0. The average molecular weight is 171 g/mol. The molecule has 1 amide bonds. The van der Waals surface area contributed by atoms with Gasteiger partial charge in [0.15, 0.2) is 0 Å². The molecule has 0 N–H and O–H groups in total. The van der Waals surface area contributed by atoms with Gasteiger partial charge in [0.05, 0.1) is 0 Å². The van der Waals surface area contributed by atoms with Crippen molar-refractivity contribution < 1.29 is 9.53 Å². The Morgan fingerprint density at radius 1 is 1.33 bits per heavy atom. The topological polar surface area (TPSA) is 29.5 Å². The van der Waals surface area contributed by atoms with Crippen LogP contribution in [-0.2, 0) is 4.74 Å². The number of carbonyl (C=O) groups excluding carboxylic acids is 1. The van der Waals surface area contributed by atoms with Gasteiger partial charge in [-0.3, -0.25) is 0 Å². The molecule has 0 saturated heterocycles. The molecule has 0 fully saturated rings. The molecule has 0 aliphatic carbocycles. The first kappa shape index (κ1) is 11.3. The van der Waals surface area contributed by atoms with Gasteiger partial charge in [-0.2, -0.15) is 0 Å². The maximum Gasteiger partial charge on any atom is 0.410 e. The Bertz CT molecular complexity index is 145. The summed E-state index contributed by atoms with van der Waals surface area (Å²) in [6.45, 7) is 13.4. The fourth-order valence-corrected chi connectivity index (χ4v) is 0.621. The summed E-state index contributed by atoms with van der Waals surface area (Å²) in [4.78, 5) is 12.7. The molecule has 0 unspecified atom stereocenters. The zero-order valence-electron chi connectivity index (χ0n) is 8.09. The van der Waals surface area contributed by atoms with E-state index in [0.29, 0.717) is 13.1 Å². The van der Waals surface area contributed by atoms with E-state index in [-0.39, 0.29) is 6.09 Å². The quantitative estimate of drug-likeness (QED) is 0.635. The van der Waals surface area contributed by atoms with Gasteiger partial charge in [0.1, 0.15) is 5.60 Å². The van der Waals surface area contributed by atoms with E-state index in [1.807, 2.05) is 20.8 Å². The van der Waals surface area contributed by atoms with E-state index in [0.717, 1.165) is 0 Å². The van der Waals surface area contributed by atoms with Crippen molar-refractivity contribution in [2.75, 3.05) is 13.1 Å². The van der Waals surface area contributed by atoms with Crippen molar-refractivity contribution in [3.8, 4) is 0 Å². The number of amides is 1. The van der Waals surface area contributed by atoms with Crippen LogP contribution in [0.2, 0.25) is 0 Å². The normalized spacial score (nSPS) is 11.1. The predicted octanol–water partition coefficient (Wildman–Crippen LogP) is 1.89. The van der Waals surface area contributed by atoms with Gasteiger partial charge in [0, 0.05) is 13.1 Å². The summed E-state index contributed by atoms with van der Waals surface area (Å²) < 4.78 is 5.09. The first-order valence-electron chi connectivity index (χ1n) is 3.97. The van der Waals surface area contributed by atoms with Crippen LogP contribution in [0, 0.1) is 13.8 Å². The lowest BCUT2D eigenvalue weighted by Crippen LogP contribution is -2.36. The van der Waals surface area contributed by atoms with Gasteiger partial charge >= 0.3 is 6.09 Å². The highest BCUT2D eigenvalue weighted by molar-refractivity contribution is 5.68. The lowest BCUT2D eigenvalue weighted by atomic mass is 10.2. The molecule has 2 radical (unpaired) electrons. The Balaban J connectivity index is 4.02. The van der Waals surface area contributed by atoms with Crippen LogP contribution >= 0.6 is 0 Å².